The molecule has 0 bridgehead atoms. The molecule has 0 aliphatic heterocycles. The van der Waals surface area contributed by atoms with Crippen molar-refractivity contribution < 1.29 is 45.4 Å². The highest BCUT2D eigenvalue weighted by Crippen LogP contribution is 2.39. The number of hydrogen-bond donors (Lipinski definition) is 3. The zero-order chi connectivity index (χ0) is 67.0. The number of alkyl halides is 3. The summed E-state index contributed by atoms with van der Waals surface area (Å²) in [6.45, 7) is 26.8. The number of carbonyl (C=O) groups excluding carboxylic acids is 1. The summed E-state index contributed by atoms with van der Waals surface area (Å²) in [5, 5.41) is 32.8. The summed E-state index contributed by atoms with van der Waals surface area (Å²) in [4.78, 5) is 27.0. The van der Waals surface area contributed by atoms with Gasteiger partial charge in [0.2, 0.25) is 5.54 Å². The number of aromatic nitrogens is 5. The van der Waals surface area contributed by atoms with Crippen molar-refractivity contribution in [1.82, 2.24) is 23.8 Å². The molecule has 22 heteroatoms. The molecule has 8 heterocycles. The van der Waals surface area contributed by atoms with Gasteiger partial charge < -0.3 is 49.1 Å². The third-order valence-corrected chi connectivity index (χ3v) is 13.3. The number of nitrogens with one attached hydrogen (secondary N) is 1. The van der Waals surface area contributed by atoms with Crippen molar-refractivity contribution in [2.75, 3.05) is 56.6 Å². The molecule has 0 spiro atoms. The van der Waals surface area contributed by atoms with Crippen molar-refractivity contribution in [2.24, 2.45) is 10.8 Å². The third kappa shape index (κ3) is 18.8. The fraction of sp³-hybridized carbons (Fsp3) is 0.314. The highest BCUT2D eigenvalue weighted by molar-refractivity contribution is 5.88. The van der Waals surface area contributed by atoms with Crippen molar-refractivity contribution in [2.45, 2.75) is 93.2 Å². The van der Waals surface area contributed by atoms with Crippen LogP contribution in [0.4, 0.5) is 30.6 Å². The van der Waals surface area contributed by atoms with E-state index < -0.39 is 20.0 Å². The molecule has 0 aliphatic rings. The molecule has 8 aromatic heterocycles. The fourth-order valence-electron chi connectivity index (χ4n) is 10.4. The predicted octanol–water partition coefficient (Wildman–Crippen LogP) is 16.4. The number of nitriles is 3. The van der Waals surface area contributed by atoms with Crippen LogP contribution in [-0.4, -0.2) is 81.0 Å². The van der Waals surface area contributed by atoms with Crippen molar-refractivity contribution in [3.8, 4) is 58.4 Å². The van der Waals surface area contributed by atoms with E-state index in [1.807, 2.05) is 48.7 Å². The Morgan fingerprint density at radius 3 is 1.47 bits per heavy atom. The summed E-state index contributed by atoms with van der Waals surface area (Å²) in [7, 11) is 0. The minimum absolute atomic E-state index is 0.0107. The van der Waals surface area contributed by atoms with E-state index >= 15 is 0 Å². The Morgan fingerprint density at radius 1 is 0.587 bits per heavy atom. The summed E-state index contributed by atoms with van der Waals surface area (Å²) < 4.78 is 73.2. The number of fused-ring (bicyclic) bond motifs is 5. The molecule has 0 saturated heterocycles. The number of imidazole rings is 2. The summed E-state index contributed by atoms with van der Waals surface area (Å²) in [6, 6.07) is 37.3. The van der Waals surface area contributed by atoms with Crippen LogP contribution >= 0.6 is 0 Å². The van der Waals surface area contributed by atoms with Crippen LogP contribution < -0.4 is 31.0 Å². The lowest BCUT2D eigenvalue weighted by Gasteiger charge is -2.34. The number of pyridine rings is 3. The second kappa shape index (κ2) is 30.0. The Kier molecular flexibility index (Phi) is 22.4. The number of hydrogen-bond acceptors (Lipinski definition) is 16. The number of ether oxygens (including phenoxy) is 3. The average molecular weight is 1250 g/mol. The summed E-state index contributed by atoms with van der Waals surface area (Å²) in [6.07, 6.45) is 7.59. The lowest BCUT2D eigenvalue weighted by atomic mass is 9.82. The van der Waals surface area contributed by atoms with Gasteiger partial charge in [0.25, 0.3) is 0 Å². The minimum atomic E-state index is -0.545. The van der Waals surface area contributed by atoms with Gasteiger partial charge >= 0.3 is 0 Å². The van der Waals surface area contributed by atoms with Gasteiger partial charge in [-0.15, -0.1) is 0 Å². The Balaban J connectivity index is 0.000000178. The summed E-state index contributed by atoms with van der Waals surface area (Å²) in [5.41, 5.74) is 17.4. The van der Waals surface area contributed by atoms with Gasteiger partial charge in [-0.3, -0.25) is 13.6 Å². The standard InChI is InChI=1S/C26H29FN4O2.C18H13FN4O2.C11H9FO3.C9H17N.C6H5N3/c1-25(2,3)16-26(4,5)30-24-23(29-22-12-17(15-28)8-10-31(22)24)21-14-18-13-19(32-11-9-27)6-7-20(18)33-21;19-4-6-24-13-1-2-14-12(8-13)9-15(25-14)17-18(21)23-5-3-11(10-20)7-16(23)22-17;12-3-4-14-9-1-2-11-8(5-9)6-10(7-13)15-11;1-8(2,3)7-9(4,5)10-6;7-4-5-1-2-9-6(8)3-5/h6-8,10,12-14,30H,9,11,16H2,1-5H3;1-3,5,7-9H,4,6,21H2;1-2,5-7H,3-4H2;7H2,1-5H3;1-3H,(H2,8,9). The van der Waals surface area contributed by atoms with Gasteiger partial charge in [0.15, 0.2) is 23.6 Å². The van der Waals surface area contributed by atoms with Crippen LogP contribution in [0.25, 0.3) is 72.0 Å². The van der Waals surface area contributed by atoms with Crippen LogP contribution in [0.2, 0.25) is 0 Å². The van der Waals surface area contributed by atoms with E-state index in [9.17, 15) is 23.2 Å². The van der Waals surface area contributed by atoms with Gasteiger partial charge in [-0.1, -0.05) is 41.5 Å². The van der Waals surface area contributed by atoms with Crippen molar-refractivity contribution >= 4 is 67.9 Å². The third-order valence-electron chi connectivity index (χ3n) is 13.3. The largest absolute Gasteiger partial charge is 0.491 e. The van der Waals surface area contributed by atoms with Crippen LogP contribution in [0.15, 0.2) is 141 Å². The highest BCUT2D eigenvalue weighted by atomic mass is 19.1. The Hall–Kier alpha value is -11.0. The number of nitrogen functional groups attached to an aromatic ring is 2. The van der Waals surface area contributed by atoms with Gasteiger partial charge in [-0.05, 0) is 140 Å². The highest BCUT2D eigenvalue weighted by Gasteiger charge is 2.31. The van der Waals surface area contributed by atoms with E-state index in [-0.39, 0.29) is 47.5 Å². The van der Waals surface area contributed by atoms with Crippen LogP contribution in [0.5, 0.6) is 17.2 Å². The van der Waals surface area contributed by atoms with E-state index in [2.05, 4.69) is 87.7 Å². The van der Waals surface area contributed by atoms with Gasteiger partial charge in [-0.2, -0.15) is 15.8 Å². The Labute approximate surface area is 531 Å². The van der Waals surface area contributed by atoms with Crippen molar-refractivity contribution in [3.63, 3.8) is 0 Å². The molecule has 0 fully saturated rings. The minimum Gasteiger partial charge on any atom is -0.491 e. The monoisotopic (exact) mass is 1250 g/mol. The fourth-order valence-corrected chi connectivity index (χ4v) is 10.4. The average Bonchev–Trinajstić information content (AvgIpc) is 1.65. The number of carbonyl (C=O) groups is 1. The molecule has 19 nitrogen and oxygen atoms in total. The van der Waals surface area contributed by atoms with Crippen LogP contribution in [0, 0.1) is 51.4 Å². The van der Waals surface area contributed by atoms with E-state index in [1.165, 1.54) is 12.3 Å². The first kappa shape index (κ1) is 68.5. The summed E-state index contributed by atoms with van der Waals surface area (Å²) >= 11 is 0. The molecular weight excluding hydrogens is 1180 g/mol. The molecule has 0 atom stereocenters. The van der Waals surface area contributed by atoms with Crippen LogP contribution in [-0.2, 0) is 0 Å². The normalized spacial score (nSPS) is 11.3. The zero-order valence-corrected chi connectivity index (χ0v) is 53.0. The van der Waals surface area contributed by atoms with Crippen LogP contribution in [0.1, 0.15) is 109 Å². The maximum absolute atomic E-state index is 12.5. The van der Waals surface area contributed by atoms with Crippen molar-refractivity contribution in [1.29, 1.82) is 15.8 Å². The number of nitrogens with two attached hydrogens (primary N) is 2. The number of rotatable bonds is 16. The number of halogens is 3. The van der Waals surface area contributed by atoms with E-state index in [0.29, 0.717) is 103 Å². The number of aldehydes is 1. The molecule has 0 unspecified atom stereocenters. The molecule has 5 N–H and O–H groups in total. The molecule has 3 aromatic carbocycles. The lowest BCUT2D eigenvalue weighted by molar-refractivity contribution is 0.110. The van der Waals surface area contributed by atoms with E-state index in [0.717, 1.165) is 34.8 Å². The molecule has 11 aromatic rings. The smallest absolute Gasteiger partial charge is 0.227 e. The molecule has 0 amide bonds. The first-order valence-corrected chi connectivity index (χ1v) is 29.2. The maximum Gasteiger partial charge on any atom is 0.227 e. The number of nitrogens with zero attached hydrogens (tertiary/aromatic N) is 9. The van der Waals surface area contributed by atoms with Gasteiger partial charge in [-0.25, -0.2) is 34.7 Å². The van der Waals surface area contributed by atoms with Gasteiger partial charge in [0, 0.05) is 60.6 Å². The molecule has 0 aliphatic carbocycles. The first-order chi connectivity index (χ1) is 43.7. The van der Waals surface area contributed by atoms with E-state index in [4.69, 9.17) is 61.0 Å². The zero-order valence-electron chi connectivity index (χ0n) is 53.0. The molecule has 476 valence electrons. The van der Waals surface area contributed by atoms with Gasteiger partial charge in [0.05, 0.1) is 34.9 Å². The van der Waals surface area contributed by atoms with Gasteiger partial charge in [0.1, 0.15) is 114 Å². The lowest BCUT2D eigenvalue weighted by Crippen LogP contribution is -2.36. The topological polar surface area (TPSA) is 271 Å². The molecule has 11 rings (SSSR count). The summed E-state index contributed by atoms with van der Waals surface area (Å²) in [5.74, 6) is 4.72. The Bertz CT molecular complexity index is 4520. The molecular formula is C70H73F3N12O7. The second-order valence-corrected chi connectivity index (χ2v) is 24.9. The number of furan rings is 3. The number of anilines is 3. The molecule has 0 radical (unpaired) electrons. The quantitative estimate of drug-likeness (QED) is 0.0599. The second-order valence-electron chi connectivity index (χ2n) is 24.9. The Morgan fingerprint density at radius 2 is 1.03 bits per heavy atom. The maximum atomic E-state index is 12.5. The number of benzene rings is 3. The molecule has 92 heavy (non-hydrogen) atoms. The van der Waals surface area contributed by atoms with Crippen LogP contribution in [0.3, 0.4) is 0 Å². The predicted molar refractivity (Wildman–Crippen MR) is 351 cm³/mol. The van der Waals surface area contributed by atoms with E-state index in [1.54, 1.807) is 95.5 Å². The first-order valence-electron chi connectivity index (χ1n) is 29.2. The van der Waals surface area contributed by atoms with Crippen molar-refractivity contribution in [3.05, 3.63) is 162 Å². The SMILES string of the molecule is CC(C)(C)CC(C)(C)Nc1c(-c2cc3cc(OCCF)ccc3o2)nc2cc(C#N)ccn12.N#Cc1ccn2c(N)c(-c3cc4cc(OCCF)ccc4o3)nc2c1.N#Cc1ccnc(N)c1.O=Cc1cc2cc(OCCF)ccc2o1.[C-]#[N+]C(C)(C)CC(C)(C)C. The molecule has 0 saturated carbocycles.